The first kappa shape index (κ1) is 23.6. The third-order valence-corrected chi connectivity index (χ3v) is 7.28. The topological polar surface area (TPSA) is 69.0 Å². The van der Waals surface area contributed by atoms with Gasteiger partial charge in [0.15, 0.2) is 0 Å². The molecule has 4 rings (SSSR count). The van der Waals surface area contributed by atoms with Crippen LogP contribution in [0.4, 0.5) is 0 Å². The number of aryl methyl sites for hydroxylation is 1. The van der Waals surface area contributed by atoms with Crippen molar-refractivity contribution in [3.05, 3.63) is 46.7 Å². The standard InChI is InChI=1S/C26H34N4O2S/c1-5-7-9-20(6-2)28-25(31)21-14-23(30(18(21)4)24-10-8-13-32-24)22-16-33-26(29-22)19-12-11-17(3)27-15-19/h11-12,14-16,20,24H,5-10,13H2,1-4H3,(H,28,31). The van der Waals surface area contributed by atoms with Crippen molar-refractivity contribution in [3.63, 3.8) is 0 Å². The maximum atomic E-state index is 13.3. The van der Waals surface area contributed by atoms with E-state index in [4.69, 9.17) is 9.72 Å². The molecule has 3 aromatic heterocycles. The van der Waals surface area contributed by atoms with Gasteiger partial charge >= 0.3 is 0 Å². The number of rotatable bonds is 9. The lowest BCUT2D eigenvalue weighted by Gasteiger charge is -2.19. The first-order valence-corrected chi connectivity index (χ1v) is 12.9. The fourth-order valence-electron chi connectivity index (χ4n) is 4.39. The van der Waals surface area contributed by atoms with Gasteiger partial charge in [0.1, 0.15) is 11.2 Å². The zero-order valence-electron chi connectivity index (χ0n) is 20.1. The molecule has 1 fully saturated rings. The molecule has 0 aromatic carbocycles. The summed E-state index contributed by atoms with van der Waals surface area (Å²) in [6.45, 7) is 9.06. The van der Waals surface area contributed by atoms with Gasteiger partial charge in [0.05, 0.1) is 17.0 Å². The Morgan fingerprint density at radius 2 is 2.18 bits per heavy atom. The van der Waals surface area contributed by atoms with Crippen LogP contribution in [0.15, 0.2) is 29.8 Å². The highest BCUT2D eigenvalue weighted by Gasteiger charge is 2.28. The second kappa shape index (κ2) is 10.6. The van der Waals surface area contributed by atoms with Crippen molar-refractivity contribution in [2.75, 3.05) is 6.61 Å². The molecule has 176 valence electrons. The molecule has 3 aromatic rings. The Labute approximate surface area is 200 Å². The van der Waals surface area contributed by atoms with Crippen molar-refractivity contribution < 1.29 is 9.53 Å². The van der Waals surface area contributed by atoms with Crippen LogP contribution in [-0.2, 0) is 4.74 Å². The van der Waals surface area contributed by atoms with E-state index in [0.717, 1.165) is 78.5 Å². The number of amides is 1. The molecular formula is C26H34N4O2S. The van der Waals surface area contributed by atoms with Gasteiger partial charge in [-0.25, -0.2) is 4.98 Å². The molecule has 0 bridgehead atoms. The number of unbranched alkanes of at least 4 members (excludes halogenated alkanes) is 1. The van der Waals surface area contributed by atoms with Gasteiger partial charge in [-0.1, -0.05) is 26.7 Å². The number of ether oxygens (including phenoxy) is 1. The van der Waals surface area contributed by atoms with Gasteiger partial charge in [0, 0.05) is 41.2 Å². The molecule has 7 heteroatoms. The van der Waals surface area contributed by atoms with Crippen LogP contribution >= 0.6 is 11.3 Å². The summed E-state index contributed by atoms with van der Waals surface area (Å²) in [4.78, 5) is 22.6. The number of carbonyl (C=O) groups excluding carboxylic acids is 1. The number of hydrogen-bond donors (Lipinski definition) is 1. The first-order valence-electron chi connectivity index (χ1n) is 12.0. The maximum Gasteiger partial charge on any atom is 0.253 e. The summed E-state index contributed by atoms with van der Waals surface area (Å²) in [6, 6.07) is 6.24. The second-order valence-electron chi connectivity index (χ2n) is 8.81. The van der Waals surface area contributed by atoms with Crippen molar-refractivity contribution in [2.45, 2.75) is 78.5 Å². The van der Waals surface area contributed by atoms with Crippen molar-refractivity contribution in [1.82, 2.24) is 19.9 Å². The smallest absolute Gasteiger partial charge is 0.253 e. The number of aromatic nitrogens is 3. The molecule has 2 atom stereocenters. The molecule has 6 nitrogen and oxygen atoms in total. The molecule has 1 amide bonds. The van der Waals surface area contributed by atoms with Crippen LogP contribution in [0.1, 0.15) is 80.3 Å². The largest absolute Gasteiger partial charge is 0.358 e. The van der Waals surface area contributed by atoms with Crippen LogP contribution < -0.4 is 5.32 Å². The molecule has 4 heterocycles. The monoisotopic (exact) mass is 466 g/mol. The maximum absolute atomic E-state index is 13.3. The summed E-state index contributed by atoms with van der Waals surface area (Å²) < 4.78 is 8.20. The third kappa shape index (κ3) is 5.20. The van der Waals surface area contributed by atoms with Crippen molar-refractivity contribution in [1.29, 1.82) is 0 Å². The van der Waals surface area contributed by atoms with Gasteiger partial charge in [-0.2, -0.15) is 0 Å². The number of hydrogen-bond acceptors (Lipinski definition) is 5. The molecule has 0 radical (unpaired) electrons. The van der Waals surface area contributed by atoms with Crippen LogP contribution in [-0.4, -0.2) is 33.1 Å². The number of pyridine rings is 1. The van der Waals surface area contributed by atoms with Crippen molar-refractivity contribution in [3.8, 4) is 22.0 Å². The Balaban J connectivity index is 1.67. The highest BCUT2D eigenvalue weighted by molar-refractivity contribution is 7.13. The fourth-order valence-corrected chi connectivity index (χ4v) is 5.20. The van der Waals surface area contributed by atoms with Gasteiger partial charge in [-0.15, -0.1) is 11.3 Å². The molecule has 0 spiro atoms. The normalized spacial score (nSPS) is 16.8. The molecule has 1 aliphatic rings. The average Bonchev–Trinajstić information content (AvgIpc) is 3.56. The molecule has 33 heavy (non-hydrogen) atoms. The summed E-state index contributed by atoms with van der Waals surface area (Å²) in [5, 5.41) is 6.24. The molecule has 0 aliphatic carbocycles. The molecule has 1 saturated heterocycles. The average molecular weight is 467 g/mol. The van der Waals surface area contributed by atoms with E-state index in [-0.39, 0.29) is 18.2 Å². The Kier molecular flexibility index (Phi) is 7.60. The fraction of sp³-hybridized carbons (Fsp3) is 0.500. The third-order valence-electron chi connectivity index (χ3n) is 6.39. The Morgan fingerprint density at radius 1 is 1.33 bits per heavy atom. The highest BCUT2D eigenvalue weighted by atomic mass is 32.1. The van der Waals surface area contributed by atoms with E-state index >= 15 is 0 Å². The number of nitrogens with zero attached hydrogens (tertiary/aromatic N) is 3. The van der Waals surface area contributed by atoms with Crippen LogP contribution in [0.2, 0.25) is 0 Å². The van der Waals surface area contributed by atoms with E-state index in [1.165, 1.54) is 0 Å². The number of nitrogens with one attached hydrogen (secondary N) is 1. The summed E-state index contributed by atoms with van der Waals surface area (Å²) in [6.07, 6.45) is 7.97. The zero-order chi connectivity index (χ0) is 23.4. The van der Waals surface area contributed by atoms with Crippen LogP contribution in [0.3, 0.4) is 0 Å². The van der Waals surface area contributed by atoms with E-state index < -0.39 is 0 Å². The predicted octanol–water partition coefficient (Wildman–Crippen LogP) is 6.30. The van der Waals surface area contributed by atoms with Gasteiger partial charge in [0.25, 0.3) is 5.91 Å². The van der Waals surface area contributed by atoms with Gasteiger partial charge in [-0.05, 0) is 57.7 Å². The first-order chi connectivity index (χ1) is 16.0. The predicted molar refractivity (Wildman–Crippen MR) is 134 cm³/mol. The molecule has 1 aliphatic heterocycles. The lowest BCUT2D eigenvalue weighted by Crippen LogP contribution is -2.34. The summed E-state index contributed by atoms with van der Waals surface area (Å²) >= 11 is 1.60. The lowest BCUT2D eigenvalue weighted by atomic mass is 10.1. The second-order valence-corrected chi connectivity index (χ2v) is 9.67. The number of carbonyl (C=O) groups is 1. The van der Waals surface area contributed by atoms with E-state index in [1.807, 2.05) is 32.2 Å². The van der Waals surface area contributed by atoms with Crippen LogP contribution in [0, 0.1) is 13.8 Å². The minimum atomic E-state index is -0.0604. The van der Waals surface area contributed by atoms with E-state index in [1.54, 1.807) is 11.3 Å². The van der Waals surface area contributed by atoms with E-state index in [0.29, 0.717) is 5.56 Å². The molecule has 0 saturated carbocycles. The van der Waals surface area contributed by atoms with E-state index in [2.05, 4.69) is 40.2 Å². The number of thiazole rings is 1. The summed E-state index contributed by atoms with van der Waals surface area (Å²) in [7, 11) is 0. The zero-order valence-corrected chi connectivity index (χ0v) is 20.9. The van der Waals surface area contributed by atoms with Crippen LogP contribution in [0.5, 0.6) is 0 Å². The lowest BCUT2D eigenvalue weighted by molar-refractivity contribution is 0.0565. The van der Waals surface area contributed by atoms with E-state index in [9.17, 15) is 4.79 Å². The van der Waals surface area contributed by atoms with Crippen LogP contribution in [0.25, 0.3) is 22.0 Å². The Hall–Kier alpha value is -2.51. The van der Waals surface area contributed by atoms with Gasteiger partial charge in [0.2, 0.25) is 0 Å². The molecular weight excluding hydrogens is 432 g/mol. The highest BCUT2D eigenvalue weighted by Crippen LogP contribution is 2.36. The molecule has 1 N–H and O–H groups in total. The van der Waals surface area contributed by atoms with Crippen molar-refractivity contribution >= 4 is 17.2 Å². The minimum absolute atomic E-state index is 0.00774. The Morgan fingerprint density at radius 3 is 2.85 bits per heavy atom. The van der Waals surface area contributed by atoms with Gasteiger partial charge in [-0.3, -0.25) is 9.78 Å². The summed E-state index contributed by atoms with van der Waals surface area (Å²) in [5.41, 5.74) is 5.44. The van der Waals surface area contributed by atoms with Crippen molar-refractivity contribution in [2.24, 2.45) is 0 Å². The van der Waals surface area contributed by atoms with Gasteiger partial charge < -0.3 is 14.6 Å². The summed E-state index contributed by atoms with van der Waals surface area (Å²) in [5.74, 6) is -0.00774. The minimum Gasteiger partial charge on any atom is -0.358 e. The quantitative estimate of drug-likeness (QED) is 0.402. The molecule has 2 unspecified atom stereocenters. The SMILES string of the molecule is CCCCC(CC)NC(=O)c1cc(-c2csc(-c3ccc(C)nc3)n2)n(C2CCCO2)c1C. The Bertz CT molecular complexity index is 1080.